The van der Waals surface area contributed by atoms with Crippen LogP contribution in [-0.2, 0) is 14.3 Å². The summed E-state index contributed by atoms with van der Waals surface area (Å²) in [6, 6.07) is 10.2. The molecule has 2 N–H and O–H groups in total. The predicted octanol–water partition coefficient (Wildman–Crippen LogP) is 8.56. The Hall–Kier alpha value is -3.87. The van der Waals surface area contributed by atoms with Crippen molar-refractivity contribution < 1.29 is 17.2 Å². The number of fused-ring (bicyclic) bond motifs is 1. The van der Waals surface area contributed by atoms with E-state index in [2.05, 4.69) is 59.5 Å². The van der Waals surface area contributed by atoms with Gasteiger partial charge in [0.05, 0.1) is 12.2 Å². The Balaban J connectivity index is 0. The third kappa shape index (κ3) is 11.5. The van der Waals surface area contributed by atoms with Crippen LogP contribution < -0.4 is 10.6 Å². The van der Waals surface area contributed by atoms with Gasteiger partial charge in [-0.1, -0.05) is 104 Å². The first-order chi connectivity index (χ1) is 20.9. The molecule has 2 amide bonds. The fourth-order valence-corrected chi connectivity index (χ4v) is 5.50. The molecule has 4 rings (SSSR count). The minimum atomic E-state index is -0.271. The van der Waals surface area contributed by atoms with Crippen LogP contribution in [0.15, 0.2) is 94.5 Å². The van der Waals surface area contributed by atoms with Crippen molar-refractivity contribution in [1.29, 1.82) is 0 Å². The van der Waals surface area contributed by atoms with Crippen LogP contribution in [0.1, 0.15) is 96.1 Å². The molecule has 1 aliphatic carbocycles. The van der Waals surface area contributed by atoms with E-state index in [1.54, 1.807) is 6.08 Å². The zero-order valence-corrected chi connectivity index (χ0v) is 26.7. The Bertz CT molecular complexity index is 1270. The Morgan fingerprint density at radius 1 is 1.16 bits per heavy atom. The molecule has 1 aromatic carbocycles. The average Bonchev–Trinajstić information content (AvgIpc) is 3.32. The van der Waals surface area contributed by atoms with Crippen molar-refractivity contribution in [1.82, 2.24) is 15.5 Å². The van der Waals surface area contributed by atoms with E-state index in [4.69, 9.17) is 4.74 Å². The van der Waals surface area contributed by atoms with E-state index < -0.39 is 0 Å². The second kappa shape index (κ2) is 20.2. The maximum absolute atomic E-state index is 13.6. The van der Waals surface area contributed by atoms with Gasteiger partial charge in [-0.2, -0.15) is 0 Å². The third-order valence-corrected chi connectivity index (χ3v) is 7.70. The molecule has 0 fully saturated rings. The van der Waals surface area contributed by atoms with Crippen LogP contribution in [0.2, 0.25) is 0 Å². The van der Waals surface area contributed by atoms with Gasteiger partial charge in [-0.25, -0.2) is 0 Å². The first-order valence-electron chi connectivity index (χ1n) is 15.9. The molecule has 3 unspecified atom stereocenters. The summed E-state index contributed by atoms with van der Waals surface area (Å²) in [4.78, 5) is 32.7. The minimum absolute atomic E-state index is 0. The quantitative estimate of drug-likeness (QED) is 0.229. The molecule has 7 heteroatoms. The van der Waals surface area contributed by atoms with Gasteiger partial charge >= 0.3 is 0 Å². The molecule has 2 aliphatic heterocycles. The monoisotopic (exact) mass is 622 g/mol. The molecular weight excluding hydrogens is 560 g/mol. The van der Waals surface area contributed by atoms with E-state index in [-0.39, 0.29) is 42.2 Å². The van der Waals surface area contributed by atoms with E-state index in [0.717, 1.165) is 49.1 Å². The zero-order chi connectivity index (χ0) is 31.2. The Morgan fingerprint density at radius 2 is 1.89 bits per heavy atom. The van der Waals surface area contributed by atoms with Crippen molar-refractivity contribution in [3.05, 3.63) is 95.1 Å². The van der Waals surface area contributed by atoms with Crippen molar-refractivity contribution in [3.63, 3.8) is 0 Å². The highest BCUT2D eigenvalue weighted by Gasteiger charge is 2.26. The highest BCUT2D eigenvalue weighted by Crippen LogP contribution is 2.31. The van der Waals surface area contributed by atoms with E-state index >= 15 is 0 Å². The van der Waals surface area contributed by atoms with E-state index in [9.17, 15) is 9.59 Å². The van der Waals surface area contributed by atoms with Gasteiger partial charge in [-0.3, -0.25) is 14.6 Å². The lowest BCUT2D eigenvalue weighted by atomic mass is 9.93. The maximum Gasteiger partial charge on any atom is 0.274 e. The van der Waals surface area contributed by atoms with E-state index in [0.29, 0.717) is 42.7 Å². The van der Waals surface area contributed by atoms with Crippen LogP contribution >= 0.6 is 0 Å². The lowest BCUT2D eigenvalue weighted by molar-refractivity contribution is -0.131. The highest BCUT2D eigenvalue weighted by atomic mass is 16.5. The molecule has 45 heavy (non-hydrogen) atoms. The van der Waals surface area contributed by atoms with Crippen LogP contribution in [0.3, 0.4) is 0 Å². The first kappa shape index (κ1) is 39.2. The summed E-state index contributed by atoms with van der Waals surface area (Å²) in [6.45, 7) is 15.8. The number of ether oxygens (including phenoxy) is 1. The molecule has 7 nitrogen and oxygen atoms in total. The molecule has 2 heterocycles. The smallest absolute Gasteiger partial charge is 0.274 e. The fourth-order valence-electron chi connectivity index (χ4n) is 5.50. The van der Waals surface area contributed by atoms with Crippen molar-refractivity contribution >= 4 is 18.0 Å². The molecule has 3 aliphatic rings. The number of aliphatic imine (C=N–C) groups is 1. The van der Waals surface area contributed by atoms with E-state index in [1.807, 2.05) is 52.1 Å². The van der Waals surface area contributed by atoms with Crippen LogP contribution in [0.4, 0.5) is 0 Å². The third-order valence-electron chi connectivity index (χ3n) is 7.70. The summed E-state index contributed by atoms with van der Waals surface area (Å²) in [6.07, 6.45) is 14.5. The molecule has 0 saturated carbocycles. The van der Waals surface area contributed by atoms with Crippen LogP contribution in [0, 0.1) is 11.8 Å². The number of hydrogen-bond donors (Lipinski definition) is 2. The highest BCUT2D eigenvalue weighted by molar-refractivity contribution is 5.96. The Kier molecular flexibility index (Phi) is 17.6. The second-order valence-corrected chi connectivity index (χ2v) is 11.1. The second-order valence-electron chi connectivity index (χ2n) is 11.1. The molecule has 0 radical (unpaired) electrons. The number of carbonyl (C=O) groups is 2. The summed E-state index contributed by atoms with van der Waals surface area (Å²) in [5, 5.41) is 6.25. The summed E-state index contributed by atoms with van der Waals surface area (Å²) in [5.41, 5.74) is 4.48. The van der Waals surface area contributed by atoms with Gasteiger partial charge in [0.2, 0.25) is 5.91 Å². The molecule has 0 saturated heterocycles. The molecule has 1 aromatic rings. The van der Waals surface area contributed by atoms with Crippen LogP contribution in [-0.4, -0.2) is 49.1 Å². The number of amides is 2. The van der Waals surface area contributed by atoms with Gasteiger partial charge in [-0.15, -0.1) is 0 Å². The van der Waals surface area contributed by atoms with Gasteiger partial charge in [0.25, 0.3) is 5.91 Å². The molecule has 0 aromatic heterocycles. The van der Waals surface area contributed by atoms with Gasteiger partial charge in [-0.05, 0) is 61.3 Å². The summed E-state index contributed by atoms with van der Waals surface area (Å²) >= 11 is 0. The SMILES string of the molecule is C.C.C=C(CCC)N(CC(=O)NCC1=CC2CC(C)CN=CC2=C1)C(=O)/C(=C\C)NCC1=CCCC(c2ccccc2)O1.CC.[HH].[HH]. The van der Waals surface area contributed by atoms with Gasteiger partial charge in [0.15, 0.2) is 0 Å². The topological polar surface area (TPSA) is 83.0 Å². The van der Waals surface area contributed by atoms with Crippen molar-refractivity contribution in [3.8, 4) is 0 Å². The molecule has 0 bridgehead atoms. The number of nitrogens with zero attached hydrogens (tertiary/aromatic N) is 2. The van der Waals surface area contributed by atoms with Crippen molar-refractivity contribution in [2.45, 2.75) is 87.7 Å². The number of rotatable bonds is 12. The minimum Gasteiger partial charge on any atom is -0.489 e. The fraction of sp³-hybridized carbons (Fsp3) is 0.500. The van der Waals surface area contributed by atoms with Gasteiger partial charge in [0.1, 0.15) is 18.4 Å². The number of hydrogen-bond acceptors (Lipinski definition) is 5. The summed E-state index contributed by atoms with van der Waals surface area (Å²) in [7, 11) is 0. The number of nitrogens with one attached hydrogen (secondary N) is 2. The largest absolute Gasteiger partial charge is 0.489 e. The van der Waals surface area contributed by atoms with Gasteiger partial charge in [0, 0.05) is 33.8 Å². The Morgan fingerprint density at radius 3 is 2.58 bits per heavy atom. The molecule has 0 spiro atoms. The number of carbonyl (C=O) groups excluding carboxylic acids is 2. The molecule has 3 atom stereocenters. The number of allylic oxidation sites excluding steroid dienone is 5. The standard InChI is InChI=1S/C34H44N4O3.C2H6.2CH4.2H2/c1-5-11-25(4)38(23-33(39)37-20-26-17-28-16-24(3)19-35-21-29(28)18-26)34(40)31(6-2)36-22-30-14-10-15-32(41-30)27-12-8-7-9-13-27;1-2;;;;/h6-9,12-14,17-18,21,24,28,32,36H,4-5,10-11,15-16,19-20,22-23H2,1-3H3,(H,37,39);1-2H3;2*1H4;2*1H/b31-6+;;;;;. The molecule has 252 valence electrons. The first-order valence-corrected chi connectivity index (χ1v) is 15.9. The summed E-state index contributed by atoms with van der Waals surface area (Å²) < 4.78 is 6.23. The lowest BCUT2D eigenvalue weighted by Crippen LogP contribution is -2.43. The Labute approximate surface area is 276 Å². The number of benzene rings is 1. The van der Waals surface area contributed by atoms with Crippen molar-refractivity contribution in [2.75, 3.05) is 26.2 Å². The van der Waals surface area contributed by atoms with Gasteiger partial charge < -0.3 is 20.3 Å². The lowest BCUT2D eigenvalue weighted by Gasteiger charge is -2.28. The average molecular weight is 623 g/mol. The predicted molar refractivity (Wildman–Crippen MR) is 194 cm³/mol. The van der Waals surface area contributed by atoms with Crippen molar-refractivity contribution in [2.24, 2.45) is 16.8 Å². The molecular formula is C38H62N4O3. The maximum atomic E-state index is 13.6. The van der Waals surface area contributed by atoms with E-state index in [1.165, 1.54) is 10.5 Å². The normalized spacial score (nSPS) is 20.1. The van der Waals surface area contributed by atoms with Crippen LogP contribution in [0.25, 0.3) is 0 Å². The van der Waals surface area contributed by atoms with Crippen LogP contribution in [0.5, 0.6) is 0 Å². The summed E-state index contributed by atoms with van der Waals surface area (Å²) in [5.74, 6) is 1.22. The zero-order valence-electron chi connectivity index (χ0n) is 26.7.